The predicted molar refractivity (Wildman–Crippen MR) is 67.6 cm³/mol. The van der Waals surface area contributed by atoms with Gasteiger partial charge in [-0.3, -0.25) is 0 Å². The maximum absolute atomic E-state index is 5.76. The number of ether oxygens (including phenoxy) is 1. The Morgan fingerprint density at radius 1 is 1.25 bits per heavy atom. The summed E-state index contributed by atoms with van der Waals surface area (Å²) in [6.45, 7) is 4.01. The van der Waals surface area contributed by atoms with Gasteiger partial charge in [-0.1, -0.05) is 15.9 Å². The molecule has 2 nitrogen and oxygen atoms in total. The zero-order chi connectivity index (χ0) is 11.5. The second kappa shape index (κ2) is 4.74. The predicted octanol–water partition coefficient (Wildman–Crippen LogP) is 4.50. The first-order chi connectivity index (χ1) is 7.66. The molecule has 0 aliphatic heterocycles. The maximum atomic E-state index is 5.76. The molecule has 0 unspecified atom stereocenters. The highest BCUT2D eigenvalue weighted by Gasteiger charge is 2.10. The van der Waals surface area contributed by atoms with Crippen LogP contribution in [0.4, 0.5) is 0 Å². The van der Waals surface area contributed by atoms with Crippen molar-refractivity contribution < 1.29 is 9.15 Å². The van der Waals surface area contributed by atoms with E-state index in [0.29, 0.717) is 0 Å². The van der Waals surface area contributed by atoms with E-state index in [1.54, 1.807) is 6.26 Å². The standard InChI is InChI=1S/C13H13BrO2/c1-9(2)16-13-8-10(14)5-6-11(13)12-4-3-7-15-12/h3-9H,1-2H3. The Hall–Kier alpha value is -1.22. The first-order valence-electron chi connectivity index (χ1n) is 5.17. The van der Waals surface area contributed by atoms with Crippen molar-refractivity contribution in [1.29, 1.82) is 0 Å². The second-order valence-corrected chi connectivity index (χ2v) is 4.70. The summed E-state index contributed by atoms with van der Waals surface area (Å²) in [6.07, 6.45) is 1.80. The SMILES string of the molecule is CC(C)Oc1cc(Br)ccc1-c1ccco1. The minimum Gasteiger partial charge on any atom is -0.490 e. The third-order valence-corrected chi connectivity index (χ3v) is 2.59. The zero-order valence-electron chi connectivity index (χ0n) is 9.24. The molecule has 0 saturated heterocycles. The van der Waals surface area contributed by atoms with Crippen molar-refractivity contribution in [3.63, 3.8) is 0 Å². The first kappa shape index (κ1) is 11.3. The van der Waals surface area contributed by atoms with Crippen LogP contribution in [0.15, 0.2) is 45.5 Å². The van der Waals surface area contributed by atoms with Gasteiger partial charge >= 0.3 is 0 Å². The number of halogens is 1. The fourth-order valence-corrected chi connectivity index (χ4v) is 1.82. The number of hydrogen-bond donors (Lipinski definition) is 0. The van der Waals surface area contributed by atoms with Crippen molar-refractivity contribution in [2.24, 2.45) is 0 Å². The van der Waals surface area contributed by atoms with Crippen molar-refractivity contribution in [3.8, 4) is 17.1 Å². The molecule has 0 fully saturated rings. The topological polar surface area (TPSA) is 22.4 Å². The van der Waals surface area contributed by atoms with Crippen LogP contribution >= 0.6 is 15.9 Å². The van der Waals surface area contributed by atoms with E-state index >= 15 is 0 Å². The van der Waals surface area contributed by atoms with Crippen molar-refractivity contribution >= 4 is 15.9 Å². The lowest BCUT2D eigenvalue weighted by Gasteiger charge is -2.13. The van der Waals surface area contributed by atoms with E-state index < -0.39 is 0 Å². The Morgan fingerprint density at radius 2 is 2.06 bits per heavy atom. The molecule has 0 radical (unpaired) electrons. The quantitative estimate of drug-likeness (QED) is 0.826. The van der Waals surface area contributed by atoms with Crippen LogP contribution in [-0.4, -0.2) is 6.10 Å². The van der Waals surface area contributed by atoms with Gasteiger partial charge in [-0.2, -0.15) is 0 Å². The normalized spacial score (nSPS) is 10.8. The summed E-state index contributed by atoms with van der Waals surface area (Å²) in [5, 5.41) is 0. The van der Waals surface area contributed by atoms with Gasteiger partial charge < -0.3 is 9.15 Å². The fraction of sp³-hybridized carbons (Fsp3) is 0.231. The van der Waals surface area contributed by atoms with Crippen LogP contribution in [0.3, 0.4) is 0 Å². The third kappa shape index (κ3) is 2.47. The van der Waals surface area contributed by atoms with E-state index in [-0.39, 0.29) is 6.10 Å². The Balaban J connectivity index is 2.44. The van der Waals surface area contributed by atoms with Gasteiger partial charge in [-0.25, -0.2) is 0 Å². The maximum Gasteiger partial charge on any atom is 0.137 e. The third-order valence-electron chi connectivity index (χ3n) is 2.09. The van der Waals surface area contributed by atoms with Gasteiger partial charge in [-0.05, 0) is 44.2 Å². The van der Waals surface area contributed by atoms with Crippen LogP contribution in [0.5, 0.6) is 5.75 Å². The molecule has 16 heavy (non-hydrogen) atoms. The lowest BCUT2D eigenvalue weighted by molar-refractivity contribution is 0.243. The first-order valence-corrected chi connectivity index (χ1v) is 5.96. The summed E-state index contributed by atoms with van der Waals surface area (Å²) in [5.74, 6) is 1.66. The van der Waals surface area contributed by atoms with Crippen molar-refractivity contribution in [1.82, 2.24) is 0 Å². The number of rotatable bonds is 3. The van der Waals surface area contributed by atoms with Gasteiger partial charge in [0.05, 0.1) is 17.9 Å². The molecule has 0 atom stereocenters. The van der Waals surface area contributed by atoms with E-state index in [1.807, 2.05) is 44.2 Å². The zero-order valence-corrected chi connectivity index (χ0v) is 10.8. The highest BCUT2D eigenvalue weighted by atomic mass is 79.9. The number of benzene rings is 1. The van der Waals surface area contributed by atoms with Gasteiger partial charge in [0.1, 0.15) is 11.5 Å². The molecule has 3 heteroatoms. The van der Waals surface area contributed by atoms with Gasteiger partial charge in [0, 0.05) is 4.47 Å². The molecule has 1 aromatic carbocycles. The van der Waals surface area contributed by atoms with Crippen LogP contribution in [0, 0.1) is 0 Å². The Labute approximate surface area is 103 Å². The highest BCUT2D eigenvalue weighted by molar-refractivity contribution is 9.10. The average Bonchev–Trinajstić information content (AvgIpc) is 2.69. The van der Waals surface area contributed by atoms with Gasteiger partial charge in [0.15, 0.2) is 0 Å². The molecule has 0 amide bonds. The van der Waals surface area contributed by atoms with Crippen molar-refractivity contribution in [2.75, 3.05) is 0 Å². The summed E-state index contributed by atoms with van der Waals surface area (Å²) in [6, 6.07) is 9.72. The summed E-state index contributed by atoms with van der Waals surface area (Å²) in [7, 11) is 0. The summed E-state index contributed by atoms with van der Waals surface area (Å²) >= 11 is 3.44. The molecule has 2 rings (SSSR count). The lowest BCUT2D eigenvalue weighted by Crippen LogP contribution is -2.06. The summed E-state index contributed by atoms with van der Waals surface area (Å²) < 4.78 is 12.1. The molecule has 0 aliphatic carbocycles. The van der Waals surface area contributed by atoms with E-state index in [0.717, 1.165) is 21.5 Å². The molecule has 0 bridgehead atoms. The summed E-state index contributed by atoms with van der Waals surface area (Å²) in [4.78, 5) is 0. The minimum absolute atomic E-state index is 0.142. The van der Waals surface area contributed by atoms with E-state index in [9.17, 15) is 0 Å². The van der Waals surface area contributed by atoms with E-state index in [1.165, 1.54) is 0 Å². The molecule has 0 saturated carbocycles. The van der Waals surface area contributed by atoms with Crippen molar-refractivity contribution in [3.05, 3.63) is 41.1 Å². The molecule has 1 aromatic heterocycles. The fourth-order valence-electron chi connectivity index (χ4n) is 1.48. The highest BCUT2D eigenvalue weighted by Crippen LogP contribution is 2.33. The number of hydrogen-bond acceptors (Lipinski definition) is 2. The van der Waals surface area contributed by atoms with Crippen LogP contribution in [-0.2, 0) is 0 Å². The number of furan rings is 1. The van der Waals surface area contributed by atoms with Gasteiger partial charge in [0.2, 0.25) is 0 Å². The van der Waals surface area contributed by atoms with Crippen molar-refractivity contribution in [2.45, 2.75) is 20.0 Å². The van der Waals surface area contributed by atoms with Crippen LogP contribution in [0.2, 0.25) is 0 Å². The van der Waals surface area contributed by atoms with E-state index in [4.69, 9.17) is 9.15 Å². The molecule has 2 aromatic rings. The molecular weight excluding hydrogens is 268 g/mol. The van der Waals surface area contributed by atoms with Gasteiger partial charge in [-0.15, -0.1) is 0 Å². The largest absolute Gasteiger partial charge is 0.490 e. The average molecular weight is 281 g/mol. The Bertz CT molecular complexity index is 461. The molecule has 1 heterocycles. The molecule has 0 spiro atoms. The smallest absolute Gasteiger partial charge is 0.137 e. The van der Waals surface area contributed by atoms with E-state index in [2.05, 4.69) is 15.9 Å². The molecule has 0 aliphatic rings. The molecule has 0 N–H and O–H groups in total. The van der Waals surface area contributed by atoms with Crippen LogP contribution in [0.25, 0.3) is 11.3 Å². The van der Waals surface area contributed by atoms with Crippen LogP contribution in [0.1, 0.15) is 13.8 Å². The lowest BCUT2D eigenvalue weighted by atomic mass is 10.1. The Kier molecular flexibility index (Phi) is 3.34. The van der Waals surface area contributed by atoms with Gasteiger partial charge in [0.25, 0.3) is 0 Å². The minimum atomic E-state index is 0.142. The Morgan fingerprint density at radius 3 is 2.69 bits per heavy atom. The second-order valence-electron chi connectivity index (χ2n) is 3.78. The monoisotopic (exact) mass is 280 g/mol. The van der Waals surface area contributed by atoms with Crippen LogP contribution < -0.4 is 4.74 Å². The molecule has 84 valence electrons. The summed E-state index contributed by atoms with van der Waals surface area (Å²) in [5.41, 5.74) is 0.974. The molecular formula is C13H13BrO2.